The normalized spacial score (nSPS) is 10.4. The molecule has 1 aromatic carbocycles. The van der Waals surface area contributed by atoms with Gasteiger partial charge in [-0.2, -0.15) is 0 Å². The van der Waals surface area contributed by atoms with E-state index in [9.17, 15) is 22.7 Å². The molecule has 0 aliphatic carbocycles. The molecule has 0 radical (unpaired) electrons. The van der Waals surface area contributed by atoms with Crippen LogP contribution in [0.4, 0.5) is 17.6 Å². The molecular formula is C6BrF4O-. The molecule has 0 N–H and O–H groups in total. The summed E-state index contributed by atoms with van der Waals surface area (Å²) >= 11 is 2.25. The molecule has 0 saturated heterocycles. The molecule has 0 aromatic heterocycles. The lowest BCUT2D eigenvalue weighted by Gasteiger charge is -2.10. The van der Waals surface area contributed by atoms with E-state index in [4.69, 9.17) is 0 Å². The Morgan fingerprint density at radius 1 is 0.833 bits per heavy atom. The monoisotopic (exact) mass is 243 g/mol. The van der Waals surface area contributed by atoms with E-state index >= 15 is 0 Å². The Morgan fingerprint density at radius 2 is 1.17 bits per heavy atom. The third-order valence-corrected chi connectivity index (χ3v) is 1.87. The zero-order valence-electron chi connectivity index (χ0n) is 5.30. The number of benzene rings is 1. The van der Waals surface area contributed by atoms with Gasteiger partial charge in [-0.3, -0.25) is 0 Å². The first-order chi connectivity index (χ1) is 5.46. The minimum Gasteiger partial charge on any atom is -0.868 e. The molecular weight excluding hydrogens is 244 g/mol. The molecule has 0 saturated carbocycles. The van der Waals surface area contributed by atoms with Gasteiger partial charge in [-0.1, -0.05) is 0 Å². The van der Waals surface area contributed by atoms with E-state index in [0.29, 0.717) is 0 Å². The van der Waals surface area contributed by atoms with Gasteiger partial charge < -0.3 is 5.11 Å². The summed E-state index contributed by atoms with van der Waals surface area (Å²) in [6, 6.07) is 0. The van der Waals surface area contributed by atoms with Crippen molar-refractivity contribution in [1.29, 1.82) is 0 Å². The maximum atomic E-state index is 12.4. The van der Waals surface area contributed by atoms with E-state index < -0.39 is 33.5 Å². The third kappa shape index (κ3) is 1.16. The van der Waals surface area contributed by atoms with Crippen molar-refractivity contribution < 1.29 is 22.7 Å². The van der Waals surface area contributed by atoms with Crippen LogP contribution in [0.5, 0.6) is 5.75 Å². The van der Waals surface area contributed by atoms with E-state index in [1.54, 1.807) is 0 Å². The van der Waals surface area contributed by atoms with Crippen molar-refractivity contribution in [2.24, 2.45) is 0 Å². The highest BCUT2D eigenvalue weighted by atomic mass is 79.9. The lowest BCUT2D eigenvalue weighted by atomic mass is 10.3. The maximum absolute atomic E-state index is 12.4. The molecule has 0 atom stereocenters. The van der Waals surface area contributed by atoms with Crippen molar-refractivity contribution in [3.8, 4) is 5.75 Å². The van der Waals surface area contributed by atoms with Gasteiger partial charge in [0.25, 0.3) is 0 Å². The van der Waals surface area contributed by atoms with Crippen molar-refractivity contribution >= 4 is 15.9 Å². The molecule has 0 aliphatic rings. The standard InChI is InChI=1S/C6HBrF4O/c7-1-2(8)4(10)6(12)5(11)3(1)9/h12H/p-1. The molecule has 0 unspecified atom stereocenters. The first kappa shape index (κ1) is 9.31. The number of halogens is 5. The highest BCUT2D eigenvalue weighted by Gasteiger charge is 2.18. The Balaban J connectivity index is 3.60. The van der Waals surface area contributed by atoms with E-state index in [2.05, 4.69) is 15.9 Å². The minimum atomic E-state index is -1.93. The van der Waals surface area contributed by atoms with Crippen LogP contribution in [0, 0.1) is 23.3 Å². The van der Waals surface area contributed by atoms with Crippen LogP contribution in [0.25, 0.3) is 0 Å². The minimum absolute atomic E-state index is 1.02. The average molecular weight is 244 g/mol. The summed E-state index contributed by atoms with van der Waals surface area (Å²) in [4.78, 5) is 0. The van der Waals surface area contributed by atoms with Crippen molar-refractivity contribution in [1.82, 2.24) is 0 Å². The van der Waals surface area contributed by atoms with Gasteiger partial charge in [-0.05, 0) is 21.7 Å². The van der Waals surface area contributed by atoms with Gasteiger partial charge in [0, 0.05) is 0 Å². The molecule has 1 aromatic rings. The SMILES string of the molecule is [O-]c1c(F)c(F)c(Br)c(F)c1F. The Labute approximate surface area is 72.8 Å². The second kappa shape index (κ2) is 2.93. The highest BCUT2D eigenvalue weighted by Crippen LogP contribution is 2.29. The van der Waals surface area contributed by atoms with Gasteiger partial charge in [0.2, 0.25) is 0 Å². The Hall–Kier alpha value is -0.780. The van der Waals surface area contributed by atoms with E-state index in [1.807, 2.05) is 0 Å². The molecule has 1 rings (SSSR count). The van der Waals surface area contributed by atoms with Crippen LogP contribution in [-0.4, -0.2) is 0 Å². The van der Waals surface area contributed by atoms with Crippen molar-refractivity contribution in [3.63, 3.8) is 0 Å². The van der Waals surface area contributed by atoms with Crippen LogP contribution in [0.15, 0.2) is 4.47 Å². The molecule has 0 heterocycles. The molecule has 0 spiro atoms. The topological polar surface area (TPSA) is 23.1 Å². The zero-order valence-corrected chi connectivity index (χ0v) is 6.88. The van der Waals surface area contributed by atoms with Crippen LogP contribution in [0.2, 0.25) is 0 Å². The fourth-order valence-electron chi connectivity index (χ4n) is 0.585. The molecule has 12 heavy (non-hydrogen) atoms. The predicted molar refractivity (Wildman–Crippen MR) is 33.4 cm³/mol. The fraction of sp³-hybridized carbons (Fsp3) is 0. The zero-order chi connectivity index (χ0) is 9.46. The van der Waals surface area contributed by atoms with Crippen LogP contribution >= 0.6 is 15.9 Å². The summed E-state index contributed by atoms with van der Waals surface area (Å²) < 4.78 is 48.4. The molecule has 6 heteroatoms. The number of rotatable bonds is 0. The lowest BCUT2D eigenvalue weighted by molar-refractivity contribution is -0.277. The molecule has 0 amide bonds. The summed E-state index contributed by atoms with van der Waals surface area (Å²) in [6.07, 6.45) is 0. The Kier molecular flexibility index (Phi) is 2.27. The quantitative estimate of drug-likeness (QED) is 0.389. The van der Waals surface area contributed by atoms with Gasteiger partial charge in [0.15, 0.2) is 23.3 Å². The summed E-state index contributed by atoms with van der Waals surface area (Å²) in [5.41, 5.74) is 0. The molecule has 0 aliphatic heterocycles. The smallest absolute Gasteiger partial charge is 0.175 e. The van der Waals surface area contributed by atoms with Crippen molar-refractivity contribution in [2.75, 3.05) is 0 Å². The summed E-state index contributed by atoms with van der Waals surface area (Å²) in [5, 5.41) is 10.3. The van der Waals surface area contributed by atoms with Crippen LogP contribution in [0.3, 0.4) is 0 Å². The Bertz CT molecular complexity index is 234. The van der Waals surface area contributed by atoms with E-state index in [0.717, 1.165) is 0 Å². The van der Waals surface area contributed by atoms with Gasteiger partial charge in [0.1, 0.15) is 0 Å². The van der Waals surface area contributed by atoms with E-state index in [1.165, 1.54) is 0 Å². The van der Waals surface area contributed by atoms with Gasteiger partial charge in [0.05, 0.1) is 4.47 Å². The van der Waals surface area contributed by atoms with Crippen LogP contribution < -0.4 is 5.11 Å². The van der Waals surface area contributed by atoms with Crippen LogP contribution in [-0.2, 0) is 0 Å². The summed E-state index contributed by atoms with van der Waals surface area (Å²) in [7, 11) is 0. The molecule has 1 nitrogen and oxygen atoms in total. The van der Waals surface area contributed by atoms with Crippen LogP contribution in [0.1, 0.15) is 0 Å². The number of hydrogen-bond donors (Lipinski definition) is 0. The maximum Gasteiger partial charge on any atom is 0.175 e. The third-order valence-electron chi connectivity index (χ3n) is 1.17. The van der Waals surface area contributed by atoms with Crippen molar-refractivity contribution in [2.45, 2.75) is 0 Å². The molecule has 0 bridgehead atoms. The average Bonchev–Trinajstić information content (AvgIpc) is 2.08. The summed E-state index contributed by atoms with van der Waals surface area (Å²) in [5.74, 6) is -9.22. The summed E-state index contributed by atoms with van der Waals surface area (Å²) in [6.45, 7) is 0. The van der Waals surface area contributed by atoms with E-state index in [-0.39, 0.29) is 0 Å². The fourth-order valence-corrected chi connectivity index (χ4v) is 0.933. The first-order valence-corrected chi connectivity index (χ1v) is 3.44. The second-order valence-electron chi connectivity index (χ2n) is 1.90. The second-order valence-corrected chi connectivity index (χ2v) is 2.69. The first-order valence-electron chi connectivity index (χ1n) is 2.65. The molecule has 66 valence electrons. The highest BCUT2D eigenvalue weighted by molar-refractivity contribution is 9.10. The lowest BCUT2D eigenvalue weighted by Crippen LogP contribution is -2.05. The largest absolute Gasteiger partial charge is 0.868 e. The molecule has 0 fully saturated rings. The predicted octanol–water partition coefficient (Wildman–Crippen LogP) is 2.08. The number of hydrogen-bond acceptors (Lipinski definition) is 1. The van der Waals surface area contributed by atoms with Gasteiger partial charge >= 0.3 is 0 Å². The van der Waals surface area contributed by atoms with Gasteiger partial charge in [-0.25, -0.2) is 17.6 Å². The Morgan fingerprint density at radius 3 is 1.50 bits per heavy atom. The van der Waals surface area contributed by atoms with Gasteiger partial charge in [-0.15, -0.1) is 0 Å². The van der Waals surface area contributed by atoms with Crippen molar-refractivity contribution in [3.05, 3.63) is 27.7 Å².